The van der Waals surface area contributed by atoms with Gasteiger partial charge in [-0.1, -0.05) is 30.7 Å². The van der Waals surface area contributed by atoms with Crippen molar-refractivity contribution < 1.29 is 19.1 Å². The van der Waals surface area contributed by atoms with Gasteiger partial charge >= 0.3 is 5.97 Å². The van der Waals surface area contributed by atoms with Crippen LogP contribution in [0.4, 0.5) is 10.8 Å². The largest absolute Gasteiger partial charge is 0.488 e. The third-order valence-corrected chi connectivity index (χ3v) is 6.06. The van der Waals surface area contributed by atoms with E-state index in [-0.39, 0.29) is 19.1 Å². The molecule has 1 aromatic heterocycles. The predicted octanol–water partition coefficient (Wildman–Crippen LogP) is 5.56. The van der Waals surface area contributed by atoms with Gasteiger partial charge in [-0.3, -0.25) is 9.69 Å². The van der Waals surface area contributed by atoms with E-state index >= 15 is 0 Å². The molecule has 0 unspecified atom stereocenters. The Labute approximate surface area is 195 Å². The number of hydrogen-bond donors (Lipinski definition) is 0. The van der Waals surface area contributed by atoms with E-state index < -0.39 is 5.97 Å². The second-order valence-electron chi connectivity index (χ2n) is 7.21. The lowest BCUT2D eigenvalue weighted by molar-refractivity contribution is -0.140. The summed E-state index contributed by atoms with van der Waals surface area (Å²) < 4.78 is 11.0. The van der Waals surface area contributed by atoms with Crippen molar-refractivity contribution in [3.8, 4) is 5.75 Å². The average Bonchev–Trinajstić information content (AvgIpc) is 3.25. The minimum absolute atomic E-state index is 0.00437. The quantitative estimate of drug-likeness (QED) is 0.443. The number of fused-ring (bicyclic) bond motifs is 1. The molecule has 2 heterocycles. The Bertz CT molecular complexity index is 1190. The van der Waals surface area contributed by atoms with E-state index in [9.17, 15) is 9.59 Å². The number of aryl methyl sites for hydroxylation is 1. The van der Waals surface area contributed by atoms with Gasteiger partial charge in [-0.15, -0.1) is 11.3 Å². The highest BCUT2D eigenvalue weighted by molar-refractivity contribution is 7.14. The molecular weight excluding hydrogens is 448 g/mol. The molecular formula is C24H21ClN2O4S. The molecule has 32 heavy (non-hydrogen) atoms. The van der Waals surface area contributed by atoms with Crippen molar-refractivity contribution in [1.29, 1.82) is 0 Å². The summed E-state index contributed by atoms with van der Waals surface area (Å²) >= 11 is 7.34. The van der Waals surface area contributed by atoms with Crippen LogP contribution in [0.25, 0.3) is 6.08 Å². The fourth-order valence-electron chi connectivity index (χ4n) is 3.27. The number of rotatable bonds is 6. The summed E-state index contributed by atoms with van der Waals surface area (Å²) in [5.74, 6) is 0.0455. The lowest BCUT2D eigenvalue weighted by Gasteiger charge is -2.18. The molecule has 0 radical (unpaired) electrons. The minimum Gasteiger partial charge on any atom is -0.488 e. The number of carbonyl (C=O) groups is 2. The fraction of sp³-hybridized carbons (Fsp3) is 0.208. The van der Waals surface area contributed by atoms with E-state index in [2.05, 4.69) is 11.9 Å². The topological polar surface area (TPSA) is 68.7 Å². The number of benzene rings is 2. The molecule has 3 aromatic rings. The molecule has 1 amide bonds. The van der Waals surface area contributed by atoms with Crippen LogP contribution in [0.15, 0.2) is 53.4 Å². The zero-order chi connectivity index (χ0) is 22.7. The second-order valence-corrected chi connectivity index (χ2v) is 8.49. The fourth-order valence-corrected chi connectivity index (χ4v) is 4.32. The highest BCUT2D eigenvalue weighted by Gasteiger charge is 2.21. The van der Waals surface area contributed by atoms with Crippen LogP contribution in [0, 0.1) is 0 Å². The van der Waals surface area contributed by atoms with Crippen LogP contribution in [-0.4, -0.2) is 23.5 Å². The number of halogens is 1. The van der Waals surface area contributed by atoms with Gasteiger partial charge in [-0.2, -0.15) is 0 Å². The van der Waals surface area contributed by atoms with Gasteiger partial charge in [0.1, 0.15) is 19.0 Å². The van der Waals surface area contributed by atoms with Gasteiger partial charge in [0, 0.05) is 22.9 Å². The van der Waals surface area contributed by atoms with Crippen LogP contribution in [0.5, 0.6) is 5.75 Å². The Morgan fingerprint density at radius 1 is 1.22 bits per heavy atom. The SMILES string of the molecule is CCc1ccc(N(C(C)=O)c2nc(COC(=O)C3=Cc4cc(Cl)ccc4OC3)cs2)cc1. The lowest BCUT2D eigenvalue weighted by Crippen LogP contribution is -2.22. The van der Waals surface area contributed by atoms with E-state index in [1.807, 2.05) is 24.3 Å². The van der Waals surface area contributed by atoms with Gasteiger partial charge in [0.2, 0.25) is 5.91 Å². The van der Waals surface area contributed by atoms with Crippen molar-refractivity contribution in [2.75, 3.05) is 11.5 Å². The molecule has 4 rings (SSSR count). The molecule has 6 nitrogen and oxygen atoms in total. The Morgan fingerprint density at radius 2 is 2.00 bits per heavy atom. The van der Waals surface area contributed by atoms with Crippen molar-refractivity contribution >= 4 is 51.7 Å². The summed E-state index contributed by atoms with van der Waals surface area (Å²) in [5, 5.41) is 2.86. The number of hydrogen-bond acceptors (Lipinski definition) is 6. The number of ether oxygens (including phenoxy) is 2. The van der Waals surface area contributed by atoms with Gasteiger partial charge in [0.05, 0.1) is 17.0 Å². The first-order valence-corrected chi connectivity index (χ1v) is 11.3. The maximum Gasteiger partial charge on any atom is 0.337 e. The lowest BCUT2D eigenvalue weighted by atomic mass is 10.1. The van der Waals surface area contributed by atoms with Crippen molar-refractivity contribution in [2.45, 2.75) is 26.9 Å². The second kappa shape index (κ2) is 9.54. The zero-order valence-electron chi connectivity index (χ0n) is 17.6. The first kappa shape index (κ1) is 22.0. The Morgan fingerprint density at radius 3 is 2.72 bits per heavy atom. The number of nitrogens with zero attached hydrogens (tertiary/aromatic N) is 2. The maximum atomic E-state index is 12.5. The predicted molar refractivity (Wildman–Crippen MR) is 125 cm³/mol. The van der Waals surface area contributed by atoms with E-state index in [0.717, 1.165) is 17.7 Å². The van der Waals surface area contributed by atoms with Gasteiger partial charge < -0.3 is 9.47 Å². The standard InChI is InChI=1S/C24H21ClN2O4S/c1-3-16-4-7-21(8-5-16)27(15(2)28)24-26-20(14-32-24)13-31-23(29)18-10-17-11-19(25)6-9-22(17)30-12-18/h4-11,14H,3,12-13H2,1-2H3. The summed E-state index contributed by atoms with van der Waals surface area (Å²) in [6.07, 6.45) is 2.64. The monoisotopic (exact) mass is 468 g/mol. The molecule has 0 fully saturated rings. The van der Waals surface area contributed by atoms with Gasteiger partial charge in [0.25, 0.3) is 0 Å². The van der Waals surface area contributed by atoms with Crippen LogP contribution in [-0.2, 0) is 27.4 Å². The van der Waals surface area contributed by atoms with Gasteiger partial charge in [0.15, 0.2) is 5.13 Å². The van der Waals surface area contributed by atoms with Gasteiger partial charge in [-0.05, 0) is 48.4 Å². The zero-order valence-corrected chi connectivity index (χ0v) is 19.2. The maximum absolute atomic E-state index is 12.5. The number of anilines is 2. The van der Waals surface area contributed by atoms with E-state index in [4.69, 9.17) is 21.1 Å². The molecule has 164 valence electrons. The van der Waals surface area contributed by atoms with Crippen LogP contribution < -0.4 is 9.64 Å². The van der Waals surface area contributed by atoms with Crippen molar-refractivity contribution in [3.63, 3.8) is 0 Å². The Balaban J connectivity index is 1.44. The number of aromatic nitrogens is 1. The summed E-state index contributed by atoms with van der Waals surface area (Å²) in [6.45, 7) is 3.70. The molecule has 0 aliphatic carbocycles. The van der Waals surface area contributed by atoms with E-state index in [0.29, 0.717) is 27.2 Å². The van der Waals surface area contributed by atoms with Crippen LogP contribution in [0.1, 0.15) is 30.7 Å². The summed E-state index contributed by atoms with van der Waals surface area (Å²) in [7, 11) is 0. The molecule has 1 aliphatic rings. The third-order valence-electron chi connectivity index (χ3n) is 4.95. The molecule has 1 aliphatic heterocycles. The van der Waals surface area contributed by atoms with Crippen molar-refractivity contribution in [2.24, 2.45) is 0 Å². The molecule has 8 heteroatoms. The minimum atomic E-state index is -0.483. The number of thiazole rings is 1. The molecule has 0 spiro atoms. The van der Waals surface area contributed by atoms with Crippen LogP contribution in [0.2, 0.25) is 5.02 Å². The molecule has 0 bridgehead atoms. The summed E-state index contributed by atoms with van der Waals surface area (Å²) in [4.78, 5) is 30.8. The molecule has 2 aromatic carbocycles. The van der Waals surface area contributed by atoms with Crippen LogP contribution >= 0.6 is 22.9 Å². The average molecular weight is 469 g/mol. The van der Waals surface area contributed by atoms with Crippen molar-refractivity contribution in [3.05, 3.63) is 75.3 Å². The molecule has 0 saturated carbocycles. The summed E-state index contributed by atoms with van der Waals surface area (Å²) in [6, 6.07) is 13.0. The Hall–Kier alpha value is -3.16. The first-order chi connectivity index (χ1) is 15.4. The first-order valence-electron chi connectivity index (χ1n) is 10.1. The number of esters is 1. The third kappa shape index (κ3) is 4.84. The molecule has 0 saturated heterocycles. The summed E-state index contributed by atoms with van der Waals surface area (Å²) in [5.41, 5.74) is 3.63. The normalized spacial score (nSPS) is 12.4. The highest BCUT2D eigenvalue weighted by Crippen LogP contribution is 2.31. The smallest absolute Gasteiger partial charge is 0.337 e. The number of carbonyl (C=O) groups excluding carboxylic acids is 2. The van der Waals surface area contributed by atoms with E-state index in [1.54, 1.807) is 34.6 Å². The van der Waals surface area contributed by atoms with Gasteiger partial charge in [-0.25, -0.2) is 9.78 Å². The molecule has 0 N–H and O–H groups in total. The number of amides is 1. The van der Waals surface area contributed by atoms with E-state index in [1.165, 1.54) is 23.8 Å². The Kier molecular flexibility index (Phi) is 6.58. The van der Waals surface area contributed by atoms with Crippen molar-refractivity contribution in [1.82, 2.24) is 4.98 Å². The molecule has 0 atom stereocenters. The highest BCUT2D eigenvalue weighted by atomic mass is 35.5. The van der Waals surface area contributed by atoms with Crippen LogP contribution in [0.3, 0.4) is 0 Å².